The molecule has 15 heavy (non-hydrogen) atoms. The number of amides is 1. The summed E-state index contributed by atoms with van der Waals surface area (Å²) in [7, 11) is 1.57. The van der Waals surface area contributed by atoms with Crippen LogP contribution in [0.15, 0.2) is 24.3 Å². The molecule has 0 saturated carbocycles. The Kier molecular flexibility index (Phi) is 3.29. The summed E-state index contributed by atoms with van der Waals surface area (Å²) >= 11 is 0. The van der Waals surface area contributed by atoms with E-state index >= 15 is 0 Å². The van der Waals surface area contributed by atoms with Crippen molar-refractivity contribution in [1.82, 2.24) is 0 Å². The molecule has 1 atom stereocenters. The van der Waals surface area contributed by atoms with Crippen LogP contribution in [-0.2, 0) is 4.79 Å². The Morgan fingerprint density at radius 1 is 1.60 bits per heavy atom. The highest BCUT2D eigenvalue weighted by Gasteiger charge is 2.17. The highest BCUT2D eigenvalue weighted by atomic mass is 16.3. The summed E-state index contributed by atoms with van der Waals surface area (Å²) in [6, 6.07) is 8.21. The zero-order valence-corrected chi connectivity index (χ0v) is 8.64. The van der Waals surface area contributed by atoms with Gasteiger partial charge in [-0.1, -0.05) is 6.07 Å². The second-order valence-corrected chi connectivity index (χ2v) is 3.27. The summed E-state index contributed by atoms with van der Waals surface area (Å²) in [6.07, 6.45) is 0. The third kappa shape index (κ3) is 2.47. The first kappa shape index (κ1) is 11.1. The smallest absolute Gasteiger partial charge is 0.243 e. The third-order valence-electron chi connectivity index (χ3n) is 2.11. The van der Waals surface area contributed by atoms with Crippen LogP contribution in [0.4, 0.5) is 5.69 Å². The van der Waals surface area contributed by atoms with Gasteiger partial charge in [0, 0.05) is 18.8 Å². The Morgan fingerprint density at radius 2 is 2.27 bits per heavy atom. The van der Waals surface area contributed by atoms with E-state index in [-0.39, 0.29) is 11.7 Å². The molecule has 4 nitrogen and oxygen atoms in total. The van der Waals surface area contributed by atoms with Crippen molar-refractivity contribution in [2.45, 2.75) is 6.92 Å². The minimum atomic E-state index is -0.683. The van der Waals surface area contributed by atoms with Crippen LogP contribution in [0.2, 0.25) is 0 Å². The fraction of sp³-hybridized carbons (Fsp3) is 0.273. The van der Waals surface area contributed by atoms with E-state index in [0.29, 0.717) is 5.69 Å². The van der Waals surface area contributed by atoms with E-state index in [1.807, 2.05) is 6.07 Å². The minimum Gasteiger partial charge on any atom is -0.508 e. The van der Waals surface area contributed by atoms with E-state index in [9.17, 15) is 9.90 Å². The van der Waals surface area contributed by atoms with E-state index in [1.165, 1.54) is 17.0 Å². The monoisotopic (exact) mass is 204 g/mol. The molecule has 0 aromatic heterocycles. The Balaban J connectivity index is 2.91. The summed E-state index contributed by atoms with van der Waals surface area (Å²) in [5.74, 6) is -0.878. The number of aromatic hydroxyl groups is 1. The first-order valence-corrected chi connectivity index (χ1v) is 4.52. The first-order valence-electron chi connectivity index (χ1n) is 4.52. The molecule has 1 unspecified atom stereocenters. The number of hydrogen-bond acceptors (Lipinski definition) is 3. The van der Waals surface area contributed by atoms with Gasteiger partial charge in [0.2, 0.25) is 5.91 Å². The highest BCUT2D eigenvalue weighted by molar-refractivity contribution is 5.95. The third-order valence-corrected chi connectivity index (χ3v) is 2.11. The van der Waals surface area contributed by atoms with Gasteiger partial charge in [-0.15, -0.1) is 0 Å². The van der Waals surface area contributed by atoms with Crippen LogP contribution in [0, 0.1) is 17.2 Å². The van der Waals surface area contributed by atoms with Gasteiger partial charge in [0.1, 0.15) is 11.7 Å². The number of nitriles is 1. The van der Waals surface area contributed by atoms with E-state index in [1.54, 1.807) is 26.1 Å². The van der Waals surface area contributed by atoms with E-state index in [2.05, 4.69) is 0 Å². The zero-order valence-electron chi connectivity index (χ0n) is 8.64. The van der Waals surface area contributed by atoms with Crippen molar-refractivity contribution in [3.05, 3.63) is 24.3 Å². The van der Waals surface area contributed by atoms with Crippen LogP contribution < -0.4 is 4.90 Å². The molecule has 4 heteroatoms. The van der Waals surface area contributed by atoms with Crippen LogP contribution >= 0.6 is 0 Å². The van der Waals surface area contributed by atoms with Crippen molar-refractivity contribution >= 4 is 11.6 Å². The molecule has 1 aromatic rings. The van der Waals surface area contributed by atoms with Gasteiger partial charge in [-0.3, -0.25) is 4.79 Å². The number of anilines is 1. The van der Waals surface area contributed by atoms with Crippen molar-refractivity contribution in [2.24, 2.45) is 5.92 Å². The van der Waals surface area contributed by atoms with Crippen LogP contribution in [0.5, 0.6) is 5.75 Å². The molecule has 0 spiro atoms. The van der Waals surface area contributed by atoms with E-state index in [0.717, 1.165) is 0 Å². The van der Waals surface area contributed by atoms with Gasteiger partial charge in [-0.2, -0.15) is 5.26 Å². The lowest BCUT2D eigenvalue weighted by atomic mass is 10.1. The quantitative estimate of drug-likeness (QED) is 0.794. The van der Waals surface area contributed by atoms with Gasteiger partial charge >= 0.3 is 0 Å². The topological polar surface area (TPSA) is 64.3 Å². The van der Waals surface area contributed by atoms with Crippen LogP contribution in [0.1, 0.15) is 6.92 Å². The standard InChI is InChI=1S/C11H12N2O2/c1-8(7-12)11(15)13(2)9-4-3-5-10(14)6-9/h3-6,8,14H,1-2H3. The van der Waals surface area contributed by atoms with Crippen molar-refractivity contribution in [1.29, 1.82) is 5.26 Å². The maximum Gasteiger partial charge on any atom is 0.243 e. The summed E-state index contributed by atoms with van der Waals surface area (Å²) in [5.41, 5.74) is 0.571. The maximum atomic E-state index is 11.6. The summed E-state index contributed by atoms with van der Waals surface area (Å²) in [4.78, 5) is 13.0. The van der Waals surface area contributed by atoms with Crippen molar-refractivity contribution in [3.63, 3.8) is 0 Å². The molecule has 0 fully saturated rings. The van der Waals surface area contributed by atoms with Crippen molar-refractivity contribution in [3.8, 4) is 11.8 Å². The van der Waals surface area contributed by atoms with Gasteiger partial charge in [-0.25, -0.2) is 0 Å². The number of carbonyl (C=O) groups is 1. The second-order valence-electron chi connectivity index (χ2n) is 3.27. The Hall–Kier alpha value is -2.02. The molecule has 1 N–H and O–H groups in total. The van der Waals surface area contributed by atoms with Crippen molar-refractivity contribution in [2.75, 3.05) is 11.9 Å². The fourth-order valence-corrected chi connectivity index (χ4v) is 1.17. The number of benzene rings is 1. The molecule has 0 aliphatic carbocycles. The number of nitrogens with zero attached hydrogens (tertiary/aromatic N) is 2. The lowest BCUT2D eigenvalue weighted by Gasteiger charge is -2.18. The summed E-state index contributed by atoms with van der Waals surface area (Å²) in [6.45, 7) is 1.54. The second kappa shape index (κ2) is 4.47. The fourth-order valence-electron chi connectivity index (χ4n) is 1.17. The van der Waals surface area contributed by atoms with Gasteiger partial charge < -0.3 is 10.0 Å². The predicted molar refractivity (Wildman–Crippen MR) is 56.3 cm³/mol. The lowest BCUT2D eigenvalue weighted by Crippen LogP contribution is -2.30. The zero-order chi connectivity index (χ0) is 11.4. The SMILES string of the molecule is CC(C#N)C(=O)N(C)c1cccc(O)c1. The normalized spacial score (nSPS) is 11.5. The minimum absolute atomic E-state index is 0.0942. The molecule has 0 bridgehead atoms. The predicted octanol–water partition coefficient (Wildman–Crippen LogP) is 1.51. The average Bonchev–Trinajstić information content (AvgIpc) is 2.26. The van der Waals surface area contributed by atoms with Gasteiger partial charge in [0.05, 0.1) is 6.07 Å². The van der Waals surface area contributed by atoms with E-state index in [4.69, 9.17) is 5.26 Å². The van der Waals surface area contributed by atoms with E-state index < -0.39 is 5.92 Å². The number of phenolic OH excluding ortho intramolecular Hbond substituents is 1. The van der Waals surface area contributed by atoms with Gasteiger partial charge in [0.25, 0.3) is 0 Å². The molecular weight excluding hydrogens is 192 g/mol. The Labute approximate surface area is 88.4 Å². The molecule has 0 radical (unpaired) electrons. The molecule has 78 valence electrons. The number of carbonyl (C=O) groups excluding carboxylic acids is 1. The molecular formula is C11H12N2O2. The molecule has 1 amide bonds. The average molecular weight is 204 g/mol. The molecule has 0 heterocycles. The van der Waals surface area contributed by atoms with Crippen LogP contribution in [-0.4, -0.2) is 18.1 Å². The first-order chi connectivity index (χ1) is 7.06. The van der Waals surface area contributed by atoms with Gasteiger partial charge in [-0.05, 0) is 19.1 Å². The lowest BCUT2D eigenvalue weighted by molar-refractivity contribution is -0.120. The molecule has 0 aliphatic heterocycles. The largest absolute Gasteiger partial charge is 0.508 e. The Morgan fingerprint density at radius 3 is 2.80 bits per heavy atom. The maximum absolute atomic E-state index is 11.6. The summed E-state index contributed by atoms with van der Waals surface area (Å²) in [5, 5.41) is 17.8. The Bertz CT molecular complexity index is 409. The van der Waals surface area contributed by atoms with Crippen molar-refractivity contribution < 1.29 is 9.90 Å². The van der Waals surface area contributed by atoms with Crippen LogP contribution in [0.3, 0.4) is 0 Å². The molecule has 0 saturated heterocycles. The molecule has 1 aromatic carbocycles. The highest BCUT2D eigenvalue weighted by Crippen LogP contribution is 2.20. The summed E-state index contributed by atoms with van der Waals surface area (Å²) < 4.78 is 0. The molecule has 1 rings (SSSR count). The number of rotatable bonds is 2. The number of hydrogen-bond donors (Lipinski definition) is 1. The van der Waals surface area contributed by atoms with Crippen LogP contribution in [0.25, 0.3) is 0 Å². The van der Waals surface area contributed by atoms with Gasteiger partial charge in [0.15, 0.2) is 0 Å². The molecule has 0 aliphatic rings. The number of phenols is 1.